The Morgan fingerprint density at radius 1 is 1.44 bits per heavy atom. The summed E-state index contributed by atoms with van der Waals surface area (Å²) in [5.41, 5.74) is 0.308. The average Bonchev–Trinajstić information content (AvgIpc) is 2.76. The Kier molecular flexibility index (Phi) is 5.00. The van der Waals surface area contributed by atoms with E-state index in [9.17, 15) is 0 Å². The molecule has 3 nitrogen and oxygen atoms in total. The third kappa shape index (κ3) is 3.63. The first kappa shape index (κ1) is 13.2. The molecule has 0 amide bonds. The van der Waals surface area contributed by atoms with Crippen molar-refractivity contribution in [3.63, 3.8) is 0 Å². The maximum Gasteiger partial charge on any atom is 0.107 e. The Morgan fingerprint density at radius 2 is 2.19 bits per heavy atom. The molecule has 1 atom stereocenters. The molecule has 1 unspecified atom stereocenters. The molecule has 0 aliphatic carbocycles. The lowest BCUT2D eigenvalue weighted by Crippen LogP contribution is -2.43. The number of aromatic amines is 1. The number of aromatic nitrogens is 2. The highest BCUT2D eigenvalue weighted by Gasteiger charge is 2.27. The number of imidazole rings is 1. The maximum absolute atomic E-state index is 4.32. The SMILES string of the molecule is CCCNC(Cc1ncc[nH]1)C(C)(C)CC. The van der Waals surface area contributed by atoms with Crippen LogP contribution in [0.5, 0.6) is 0 Å². The molecule has 1 aromatic rings. The van der Waals surface area contributed by atoms with Crippen LogP contribution in [0.25, 0.3) is 0 Å². The van der Waals surface area contributed by atoms with Gasteiger partial charge in [0.25, 0.3) is 0 Å². The lowest BCUT2D eigenvalue weighted by atomic mass is 9.80. The first-order valence-electron chi connectivity index (χ1n) is 6.31. The van der Waals surface area contributed by atoms with E-state index in [2.05, 4.69) is 43.0 Å². The van der Waals surface area contributed by atoms with E-state index < -0.39 is 0 Å². The van der Waals surface area contributed by atoms with Gasteiger partial charge < -0.3 is 10.3 Å². The van der Waals surface area contributed by atoms with Gasteiger partial charge in [-0.05, 0) is 24.8 Å². The van der Waals surface area contributed by atoms with Gasteiger partial charge in [0.15, 0.2) is 0 Å². The zero-order valence-corrected chi connectivity index (χ0v) is 11.0. The van der Waals surface area contributed by atoms with Crippen molar-refractivity contribution in [3.05, 3.63) is 18.2 Å². The number of hydrogen-bond acceptors (Lipinski definition) is 2. The summed E-state index contributed by atoms with van der Waals surface area (Å²) in [6, 6.07) is 0.489. The van der Waals surface area contributed by atoms with E-state index in [4.69, 9.17) is 0 Å². The van der Waals surface area contributed by atoms with Crippen LogP contribution in [0.3, 0.4) is 0 Å². The van der Waals surface area contributed by atoms with Crippen LogP contribution >= 0.6 is 0 Å². The number of H-pyrrole nitrogens is 1. The third-order valence-corrected chi connectivity index (χ3v) is 3.45. The Bertz CT molecular complexity index is 277. The Morgan fingerprint density at radius 3 is 2.69 bits per heavy atom. The lowest BCUT2D eigenvalue weighted by Gasteiger charge is -2.34. The van der Waals surface area contributed by atoms with Gasteiger partial charge in [0, 0.05) is 24.9 Å². The summed E-state index contributed by atoms with van der Waals surface area (Å²) in [7, 11) is 0. The molecule has 0 radical (unpaired) electrons. The molecule has 0 aliphatic rings. The van der Waals surface area contributed by atoms with Gasteiger partial charge in [0.05, 0.1) is 0 Å². The third-order valence-electron chi connectivity index (χ3n) is 3.45. The van der Waals surface area contributed by atoms with Crippen molar-refractivity contribution >= 4 is 0 Å². The van der Waals surface area contributed by atoms with E-state index >= 15 is 0 Å². The van der Waals surface area contributed by atoms with E-state index in [1.54, 1.807) is 0 Å². The van der Waals surface area contributed by atoms with Crippen LogP contribution in [0, 0.1) is 5.41 Å². The van der Waals surface area contributed by atoms with Crippen LogP contribution in [0.15, 0.2) is 12.4 Å². The van der Waals surface area contributed by atoms with Crippen LogP contribution in [0.2, 0.25) is 0 Å². The molecule has 1 heterocycles. The summed E-state index contributed by atoms with van der Waals surface area (Å²) >= 11 is 0. The minimum absolute atomic E-state index is 0.308. The highest BCUT2D eigenvalue weighted by Crippen LogP contribution is 2.26. The monoisotopic (exact) mass is 223 g/mol. The molecule has 0 fully saturated rings. The minimum atomic E-state index is 0.308. The van der Waals surface area contributed by atoms with Gasteiger partial charge in [0.2, 0.25) is 0 Å². The second-order valence-electron chi connectivity index (χ2n) is 5.09. The summed E-state index contributed by atoms with van der Waals surface area (Å²) in [5.74, 6) is 1.08. The minimum Gasteiger partial charge on any atom is -0.349 e. The average molecular weight is 223 g/mol. The summed E-state index contributed by atoms with van der Waals surface area (Å²) < 4.78 is 0. The van der Waals surface area contributed by atoms with Crippen LogP contribution in [-0.2, 0) is 6.42 Å². The number of nitrogens with zero attached hydrogens (tertiary/aromatic N) is 1. The second-order valence-corrected chi connectivity index (χ2v) is 5.09. The van der Waals surface area contributed by atoms with Gasteiger partial charge in [-0.1, -0.05) is 27.7 Å². The van der Waals surface area contributed by atoms with Crippen molar-refractivity contribution in [1.82, 2.24) is 15.3 Å². The number of nitrogens with one attached hydrogen (secondary N) is 2. The predicted octanol–water partition coefficient (Wildman–Crippen LogP) is 2.76. The fraction of sp³-hybridized carbons (Fsp3) is 0.769. The van der Waals surface area contributed by atoms with Gasteiger partial charge in [0.1, 0.15) is 5.82 Å². The van der Waals surface area contributed by atoms with Crippen molar-refractivity contribution in [2.75, 3.05) is 6.54 Å². The standard InChI is InChI=1S/C13H25N3/c1-5-7-14-11(13(3,4)6-2)10-12-15-8-9-16-12/h8-9,11,14H,5-7,10H2,1-4H3,(H,15,16). The summed E-state index contributed by atoms with van der Waals surface area (Å²) in [6.45, 7) is 10.2. The molecular weight excluding hydrogens is 198 g/mol. The molecule has 16 heavy (non-hydrogen) atoms. The van der Waals surface area contributed by atoms with Crippen LogP contribution in [-0.4, -0.2) is 22.6 Å². The highest BCUT2D eigenvalue weighted by atomic mass is 15.0. The number of hydrogen-bond donors (Lipinski definition) is 2. The molecule has 0 spiro atoms. The normalized spacial score (nSPS) is 14.0. The van der Waals surface area contributed by atoms with Gasteiger partial charge in [-0.3, -0.25) is 0 Å². The molecule has 1 rings (SSSR count). The molecule has 1 aromatic heterocycles. The van der Waals surface area contributed by atoms with Crippen molar-refractivity contribution in [1.29, 1.82) is 0 Å². The maximum atomic E-state index is 4.32. The predicted molar refractivity (Wildman–Crippen MR) is 68.4 cm³/mol. The number of rotatable bonds is 7. The highest BCUT2D eigenvalue weighted by molar-refractivity contribution is 4.95. The molecule has 0 saturated heterocycles. The smallest absolute Gasteiger partial charge is 0.107 e. The second kappa shape index (κ2) is 6.04. The van der Waals surface area contributed by atoms with E-state index in [0.29, 0.717) is 11.5 Å². The largest absolute Gasteiger partial charge is 0.349 e. The zero-order chi connectivity index (χ0) is 12.0. The van der Waals surface area contributed by atoms with Gasteiger partial charge in [-0.15, -0.1) is 0 Å². The first-order chi connectivity index (χ1) is 7.60. The Hall–Kier alpha value is -0.830. The molecular formula is C13H25N3. The van der Waals surface area contributed by atoms with E-state index in [1.807, 2.05) is 12.4 Å². The fourth-order valence-corrected chi connectivity index (χ4v) is 1.79. The lowest BCUT2D eigenvalue weighted by molar-refractivity contribution is 0.228. The summed E-state index contributed by atoms with van der Waals surface area (Å²) in [6.07, 6.45) is 7.05. The zero-order valence-electron chi connectivity index (χ0n) is 11.0. The Labute approximate surface area is 99.1 Å². The van der Waals surface area contributed by atoms with Crippen molar-refractivity contribution in [2.24, 2.45) is 5.41 Å². The molecule has 0 aliphatic heterocycles. The van der Waals surface area contributed by atoms with Crippen molar-refractivity contribution in [2.45, 2.75) is 53.0 Å². The van der Waals surface area contributed by atoms with Gasteiger partial charge >= 0.3 is 0 Å². The van der Waals surface area contributed by atoms with E-state index in [1.165, 1.54) is 12.8 Å². The van der Waals surface area contributed by atoms with Gasteiger partial charge in [-0.25, -0.2) is 4.98 Å². The van der Waals surface area contributed by atoms with Gasteiger partial charge in [-0.2, -0.15) is 0 Å². The summed E-state index contributed by atoms with van der Waals surface area (Å²) in [4.78, 5) is 7.51. The van der Waals surface area contributed by atoms with Crippen LogP contribution in [0.1, 0.15) is 46.4 Å². The van der Waals surface area contributed by atoms with E-state index in [-0.39, 0.29) is 0 Å². The first-order valence-corrected chi connectivity index (χ1v) is 6.31. The van der Waals surface area contributed by atoms with E-state index in [0.717, 1.165) is 18.8 Å². The van der Waals surface area contributed by atoms with Crippen molar-refractivity contribution < 1.29 is 0 Å². The molecule has 0 saturated carbocycles. The topological polar surface area (TPSA) is 40.7 Å². The fourth-order valence-electron chi connectivity index (χ4n) is 1.79. The molecule has 92 valence electrons. The van der Waals surface area contributed by atoms with Crippen molar-refractivity contribution in [3.8, 4) is 0 Å². The molecule has 0 aromatic carbocycles. The Balaban J connectivity index is 2.63. The molecule has 2 N–H and O–H groups in total. The van der Waals surface area contributed by atoms with Crippen LogP contribution in [0.4, 0.5) is 0 Å². The summed E-state index contributed by atoms with van der Waals surface area (Å²) in [5, 5.41) is 3.64. The molecule has 3 heteroatoms. The molecule has 0 bridgehead atoms. The van der Waals surface area contributed by atoms with Crippen LogP contribution < -0.4 is 5.32 Å². The quantitative estimate of drug-likeness (QED) is 0.746.